The molecule has 0 unspecified atom stereocenters. The van der Waals surface area contributed by atoms with E-state index in [1.807, 2.05) is 5.38 Å². The van der Waals surface area contributed by atoms with E-state index in [4.69, 9.17) is 0 Å². The van der Waals surface area contributed by atoms with Gasteiger partial charge in [0.1, 0.15) is 11.5 Å². The summed E-state index contributed by atoms with van der Waals surface area (Å²) in [5, 5.41) is 8.62. The number of aromatic nitrogens is 2. The first kappa shape index (κ1) is 21.4. The first-order valence-electron chi connectivity index (χ1n) is 9.14. The van der Waals surface area contributed by atoms with Crippen LogP contribution >= 0.6 is 11.3 Å². The van der Waals surface area contributed by atoms with Gasteiger partial charge in [-0.1, -0.05) is 24.8 Å². The van der Waals surface area contributed by atoms with Gasteiger partial charge in [0.15, 0.2) is 0 Å². The minimum Gasteiger partial charge on any atom is -0.306 e. The van der Waals surface area contributed by atoms with Crippen LogP contribution in [0, 0.1) is 0 Å². The molecule has 0 bridgehead atoms. The molecule has 0 fully saturated rings. The summed E-state index contributed by atoms with van der Waals surface area (Å²) < 4.78 is 41.2. The van der Waals surface area contributed by atoms with Gasteiger partial charge in [0.2, 0.25) is 0 Å². The molecule has 2 amide bonds. The fourth-order valence-electron chi connectivity index (χ4n) is 2.93. The van der Waals surface area contributed by atoms with Crippen molar-refractivity contribution in [3.63, 3.8) is 0 Å². The average molecular weight is 457 g/mol. The predicted molar refractivity (Wildman–Crippen MR) is 115 cm³/mol. The van der Waals surface area contributed by atoms with E-state index in [1.54, 1.807) is 19.1 Å². The monoisotopic (exact) mass is 457 g/mol. The van der Waals surface area contributed by atoms with Crippen LogP contribution < -0.4 is 5.32 Å². The number of carbonyl (C=O) groups is 2. The normalized spacial score (nSPS) is 14.2. The van der Waals surface area contributed by atoms with Crippen LogP contribution in [0.2, 0.25) is 0 Å². The number of carbonyl (C=O) groups excluding carboxylic acids is 2. The lowest BCUT2D eigenvalue weighted by atomic mass is 10.1. The first-order valence-corrected chi connectivity index (χ1v) is 10.0. The third-order valence-electron chi connectivity index (χ3n) is 4.56. The number of nitrogens with zero attached hydrogens (tertiary/aromatic N) is 4. The Labute approximate surface area is 183 Å². The Morgan fingerprint density at radius 2 is 1.91 bits per heavy atom. The molecule has 0 spiro atoms. The SMILES string of the molecule is C=C1C(=O)N=C(n2nc(-c3cccs3)cc2NC(=O)c2ccccc2C(F)(F)F)N=C1C. The molecule has 11 heteroatoms. The van der Waals surface area contributed by atoms with Crippen LogP contribution in [0.15, 0.2) is 70.0 Å². The van der Waals surface area contributed by atoms with Gasteiger partial charge in [-0.05, 0) is 30.5 Å². The van der Waals surface area contributed by atoms with Gasteiger partial charge in [0.25, 0.3) is 17.8 Å². The van der Waals surface area contributed by atoms with E-state index in [9.17, 15) is 22.8 Å². The molecule has 0 atom stereocenters. The number of hydrogen-bond acceptors (Lipinski definition) is 5. The molecule has 32 heavy (non-hydrogen) atoms. The lowest BCUT2D eigenvalue weighted by Gasteiger charge is -2.14. The molecule has 0 saturated heterocycles. The van der Waals surface area contributed by atoms with E-state index in [1.165, 1.54) is 29.5 Å². The van der Waals surface area contributed by atoms with Gasteiger partial charge in [-0.25, -0.2) is 4.99 Å². The Bertz CT molecular complexity index is 1300. The molecule has 1 aromatic carbocycles. The van der Waals surface area contributed by atoms with Gasteiger partial charge in [0.05, 0.1) is 27.3 Å². The van der Waals surface area contributed by atoms with Crippen molar-refractivity contribution in [2.45, 2.75) is 13.1 Å². The van der Waals surface area contributed by atoms with Crippen molar-refractivity contribution in [1.29, 1.82) is 0 Å². The smallest absolute Gasteiger partial charge is 0.306 e. The molecule has 1 aliphatic heterocycles. The second-order valence-corrected chi connectivity index (χ2v) is 7.64. The molecule has 0 aliphatic carbocycles. The average Bonchev–Trinajstić information content (AvgIpc) is 3.41. The quantitative estimate of drug-likeness (QED) is 0.581. The number of nitrogens with one attached hydrogen (secondary N) is 1. The van der Waals surface area contributed by atoms with Gasteiger partial charge in [-0.2, -0.15) is 27.9 Å². The number of aliphatic imine (C=N–C) groups is 2. The highest BCUT2D eigenvalue weighted by atomic mass is 32.1. The molecule has 4 rings (SSSR count). The Morgan fingerprint density at radius 1 is 1.16 bits per heavy atom. The Balaban J connectivity index is 1.78. The van der Waals surface area contributed by atoms with E-state index in [0.29, 0.717) is 11.4 Å². The van der Waals surface area contributed by atoms with Crippen LogP contribution in [0.1, 0.15) is 22.8 Å². The van der Waals surface area contributed by atoms with Gasteiger partial charge in [-0.15, -0.1) is 11.3 Å². The summed E-state index contributed by atoms with van der Waals surface area (Å²) in [6, 6.07) is 9.49. The molecule has 162 valence electrons. The first-order chi connectivity index (χ1) is 15.1. The molecule has 7 nitrogen and oxygen atoms in total. The zero-order valence-corrected chi connectivity index (χ0v) is 17.3. The molecule has 1 N–H and O–H groups in total. The minimum absolute atomic E-state index is 0.00555. The maximum absolute atomic E-state index is 13.4. The van der Waals surface area contributed by atoms with E-state index >= 15 is 0 Å². The van der Waals surface area contributed by atoms with Gasteiger partial charge < -0.3 is 5.32 Å². The lowest BCUT2D eigenvalue weighted by molar-refractivity contribution is -0.137. The zero-order chi connectivity index (χ0) is 23.0. The van der Waals surface area contributed by atoms with Crippen molar-refractivity contribution in [3.8, 4) is 10.6 Å². The fourth-order valence-corrected chi connectivity index (χ4v) is 3.61. The number of alkyl halides is 3. The maximum Gasteiger partial charge on any atom is 0.417 e. The standard InChI is InChI=1S/C21H14F3N5O2S/c1-11-12(2)25-20(27-18(11)30)29-17(10-15(28-29)16-8-5-9-32-16)26-19(31)13-6-3-4-7-14(13)21(22,23)24/h3-10H,1H2,2H3,(H,26,31). The van der Waals surface area contributed by atoms with Gasteiger partial charge in [-0.3, -0.25) is 9.59 Å². The molecular formula is C21H14F3N5O2S. The fraction of sp³-hybridized carbons (Fsp3) is 0.0952. The zero-order valence-electron chi connectivity index (χ0n) is 16.5. The van der Waals surface area contributed by atoms with Crippen LogP contribution in [0.5, 0.6) is 0 Å². The van der Waals surface area contributed by atoms with Crippen LogP contribution in [-0.2, 0) is 11.0 Å². The Hall–Kier alpha value is -3.86. The van der Waals surface area contributed by atoms with Crippen molar-refractivity contribution >= 4 is 40.6 Å². The van der Waals surface area contributed by atoms with Gasteiger partial charge >= 0.3 is 6.18 Å². The molecular weight excluding hydrogens is 443 g/mol. The number of hydrogen-bond donors (Lipinski definition) is 1. The highest BCUT2D eigenvalue weighted by molar-refractivity contribution is 7.13. The number of rotatable bonds is 3. The highest BCUT2D eigenvalue weighted by Gasteiger charge is 2.35. The van der Waals surface area contributed by atoms with Crippen molar-refractivity contribution in [3.05, 3.63) is 71.1 Å². The Kier molecular flexibility index (Phi) is 5.35. The van der Waals surface area contributed by atoms with E-state index in [-0.39, 0.29) is 17.4 Å². The molecule has 1 aliphatic rings. The Morgan fingerprint density at radius 3 is 2.56 bits per heavy atom. The van der Waals surface area contributed by atoms with E-state index < -0.39 is 29.1 Å². The van der Waals surface area contributed by atoms with Crippen LogP contribution in [0.4, 0.5) is 19.0 Å². The largest absolute Gasteiger partial charge is 0.417 e. The van der Waals surface area contributed by atoms with Crippen molar-refractivity contribution in [1.82, 2.24) is 9.78 Å². The number of halogens is 3. The maximum atomic E-state index is 13.4. The second kappa shape index (κ2) is 8.00. The van der Waals surface area contributed by atoms with Crippen LogP contribution in [-0.4, -0.2) is 33.3 Å². The number of benzene rings is 1. The lowest BCUT2D eigenvalue weighted by Crippen LogP contribution is -2.26. The summed E-state index contributed by atoms with van der Waals surface area (Å²) in [5.74, 6) is -1.75. The minimum atomic E-state index is -4.71. The summed E-state index contributed by atoms with van der Waals surface area (Å²) in [6.07, 6.45) is -4.71. The van der Waals surface area contributed by atoms with Crippen LogP contribution in [0.3, 0.4) is 0 Å². The third-order valence-corrected chi connectivity index (χ3v) is 5.45. The molecule has 3 aromatic rings. The summed E-state index contributed by atoms with van der Waals surface area (Å²) >= 11 is 1.37. The van der Waals surface area contributed by atoms with Crippen molar-refractivity contribution in [2.24, 2.45) is 9.98 Å². The predicted octanol–water partition coefficient (Wildman–Crippen LogP) is 4.64. The number of anilines is 1. The van der Waals surface area contributed by atoms with E-state index in [0.717, 1.165) is 21.7 Å². The van der Waals surface area contributed by atoms with Crippen LogP contribution in [0.25, 0.3) is 10.6 Å². The third kappa shape index (κ3) is 4.02. The van der Waals surface area contributed by atoms with E-state index in [2.05, 4.69) is 27.0 Å². The molecule has 0 saturated carbocycles. The molecule has 2 aromatic heterocycles. The van der Waals surface area contributed by atoms with Gasteiger partial charge in [0, 0.05) is 6.07 Å². The summed E-state index contributed by atoms with van der Waals surface area (Å²) in [7, 11) is 0. The molecule has 3 heterocycles. The molecule has 0 radical (unpaired) electrons. The van der Waals surface area contributed by atoms with Crippen molar-refractivity contribution in [2.75, 3.05) is 5.32 Å². The topological polar surface area (TPSA) is 88.7 Å². The number of thiophene rings is 1. The number of amides is 2. The van der Waals surface area contributed by atoms with Crippen molar-refractivity contribution < 1.29 is 22.8 Å². The summed E-state index contributed by atoms with van der Waals surface area (Å²) in [6.45, 7) is 5.17. The summed E-state index contributed by atoms with van der Waals surface area (Å²) in [4.78, 5) is 33.7. The highest BCUT2D eigenvalue weighted by Crippen LogP contribution is 2.33. The second-order valence-electron chi connectivity index (χ2n) is 6.69. The summed E-state index contributed by atoms with van der Waals surface area (Å²) in [5.41, 5.74) is -0.777.